The zero-order valence-electron chi connectivity index (χ0n) is 10.2. The molecule has 0 bridgehead atoms. The minimum Gasteiger partial charge on any atom is -0.387 e. The lowest BCUT2D eigenvalue weighted by Gasteiger charge is -2.23. The number of ether oxygens (including phenoxy) is 1. The van der Waals surface area contributed by atoms with Gasteiger partial charge in [0.05, 0.1) is 18.6 Å². The van der Waals surface area contributed by atoms with Gasteiger partial charge in [-0.3, -0.25) is 0 Å². The van der Waals surface area contributed by atoms with Gasteiger partial charge < -0.3 is 14.4 Å². The van der Waals surface area contributed by atoms with E-state index >= 15 is 0 Å². The van der Waals surface area contributed by atoms with Gasteiger partial charge in [0.15, 0.2) is 5.82 Å². The number of rotatable bonds is 3. The van der Waals surface area contributed by atoms with Gasteiger partial charge in [0.2, 0.25) is 5.89 Å². The van der Waals surface area contributed by atoms with Crippen molar-refractivity contribution in [1.29, 1.82) is 0 Å². The summed E-state index contributed by atoms with van der Waals surface area (Å²) in [6.45, 7) is 3.86. The van der Waals surface area contributed by atoms with Crippen molar-refractivity contribution in [3.05, 3.63) is 11.7 Å². The fraction of sp³-hybridized carbons (Fsp3) is 0.833. The molecule has 1 aliphatic heterocycles. The first-order chi connectivity index (χ1) is 8.07. The van der Waals surface area contributed by atoms with Crippen LogP contribution in [0, 0.1) is 0 Å². The van der Waals surface area contributed by atoms with Crippen LogP contribution in [-0.4, -0.2) is 33.1 Å². The van der Waals surface area contributed by atoms with Crippen LogP contribution in [0.3, 0.4) is 0 Å². The van der Waals surface area contributed by atoms with Crippen molar-refractivity contribution in [2.75, 3.05) is 0 Å². The van der Waals surface area contributed by atoms with Crippen LogP contribution < -0.4 is 0 Å². The van der Waals surface area contributed by atoms with Crippen LogP contribution in [0.2, 0.25) is 0 Å². The largest absolute Gasteiger partial charge is 0.387 e. The van der Waals surface area contributed by atoms with E-state index in [1.165, 1.54) is 0 Å². The third-order valence-corrected chi connectivity index (χ3v) is 3.72. The first-order valence-electron chi connectivity index (χ1n) is 6.27. The van der Waals surface area contributed by atoms with Crippen molar-refractivity contribution >= 4 is 0 Å². The van der Waals surface area contributed by atoms with E-state index in [1.807, 2.05) is 13.8 Å². The first-order valence-corrected chi connectivity index (χ1v) is 6.27. The van der Waals surface area contributed by atoms with Crippen LogP contribution in [0.15, 0.2) is 4.52 Å². The van der Waals surface area contributed by atoms with E-state index in [9.17, 15) is 5.11 Å². The Labute approximate surface area is 100 Å². The van der Waals surface area contributed by atoms with Gasteiger partial charge >= 0.3 is 0 Å². The molecule has 0 radical (unpaired) electrons. The summed E-state index contributed by atoms with van der Waals surface area (Å²) in [5.41, 5.74) is -0.868. The molecule has 1 aromatic rings. The maximum Gasteiger partial charge on any atom is 0.229 e. The summed E-state index contributed by atoms with van der Waals surface area (Å²) in [6, 6.07) is 0. The lowest BCUT2D eigenvalue weighted by Crippen LogP contribution is -2.38. The Balaban J connectivity index is 1.72. The summed E-state index contributed by atoms with van der Waals surface area (Å²) in [5.74, 6) is 1.81. The molecule has 94 valence electrons. The molecular weight excluding hydrogens is 220 g/mol. The van der Waals surface area contributed by atoms with Gasteiger partial charge in [-0.25, -0.2) is 0 Å². The fourth-order valence-corrected chi connectivity index (χ4v) is 2.51. The predicted octanol–water partition coefficient (Wildman–Crippen LogP) is 1.42. The molecule has 1 aromatic heterocycles. The lowest BCUT2D eigenvalue weighted by molar-refractivity contribution is -0.0385. The van der Waals surface area contributed by atoms with Crippen LogP contribution in [0.5, 0.6) is 0 Å². The first kappa shape index (κ1) is 11.2. The normalized spacial score (nSPS) is 37.6. The summed E-state index contributed by atoms with van der Waals surface area (Å²) in [6.07, 6.45) is 3.21. The summed E-state index contributed by atoms with van der Waals surface area (Å²) < 4.78 is 10.8. The molecule has 5 heteroatoms. The minimum atomic E-state index is -0.868. The van der Waals surface area contributed by atoms with E-state index in [1.54, 1.807) is 0 Å². The van der Waals surface area contributed by atoms with Crippen molar-refractivity contribution < 1.29 is 14.4 Å². The topological polar surface area (TPSA) is 68.4 Å². The molecule has 17 heavy (non-hydrogen) atoms. The highest BCUT2D eigenvalue weighted by Gasteiger charge is 2.44. The maximum absolute atomic E-state index is 10.5. The maximum atomic E-state index is 10.5. The van der Waals surface area contributed by atoms with E-state index in [4.69, 9.17) is 9.26 Å². The standard InChI is InChI=1S/C12H18N2O3/c1-7-5-12(15,8(2)16-7)6-10-13-11(14-17-10)9-3-4-9/h7-9,15H,3-6H2,1-2H3. The van der Waals surface area contributed by atoms with Crippen LogP contribution in [0.1, 0.15) is 50.7 Å². The van der Waals surface area contributed by atoms with Gasteiger partial charge in [-0.05, 0) is 26.7 Å². The third-order valence-electron chi connectivity index (χ3n) is 3.72. The van der Waals surface area contributed by atoms with Crippen LogP contribution >= 0.6 is 0 Å². The molecule has 1 aliphatic carbocycles. The molecule has 2 heterocycles. The molecule has 3 rings (SSSR count). The number of aliphatic hydroxyl groups is 1. The fourth-order valence-electron chi connectivity index (χ4n) is 2.51. The summed E-state index contributed by atoms with van der Waals surface area (Å²) in [4.78, 5) is 4.35. The van der Waals surface area contributed by atoms with Gasteiger partial charge in [0.25, 0.3) is 0 Å². The van der Waals surface area contributed by atoms with Gasteiger partial charge in [-0.1, -0.05) is 5.16 Å². The van der Waals surface area contributed by atoms with Gasteiger partial charge in [0.1, 0.15) is 5.60 Å². The number of aromatic nitrogens is 2. The smallest absolute Gasteiger partial charge is 0.229 e. The Hall–Kier alpha value is -0.940. The van der Waals surface area contributed by atoms with Crippen LogP contribution in [0.4, 0.5) is 0 Å². The molecule has 2 fully saturated rings. The molecule has 0 spiro atoms. The molecule has 1 N–H and O–H groups in total. The molecule has 0 amide bonds. The quantitative estimate of drug-likeness (QED) is 0.862. The molecule has 1 saturated carbocycles. The summed E-state index contributed by atoms with van der Waals surface area (Å²) in [7, 11) is 0. The van der Waals surface area contributed by atoms with E-state index in [0.29, 0.717) is 24.7 Å². The lowest BCUT2D eigenvalue weighted by atomic mass is 9.91. The Morgan fingerprint density at radius 1 is 1.41 bits per heavy atom. The SMILES string of the molecule is CC1CC(O)(Cc2nc(C3CC3)no2)C(C)O1. The van der Waals surface area contributed by atoms with E-state index in [-0.39, 0.29) is 12.2 Å². The zero-order valence-corrected chi connectivity index (χ0v) is 10.2. The Kier molecular flexibility index (Phi) is 2.48. The Morgan fingerprint density at radius 3 is 2.76 bits per heavy atom. The average Bonchev–Trinajstić information content (AvgIpc) is 2.94. The molecule has 0 aromatic carbocycles. The second-order valence-electron chi connectivity index (χ2n) is 5.39. The summed E-state index contributed by atoms with van der Waals surface area (Å²) in [5, 5.41) is 14.5. The van der Waals surface area contributed by atoms with Gasteiger partial charge in [0, 0.05) is 12.3 Å². The highest BCUT2D eigenvalue weighted by Crippen LogP contribution is 2.39. The number of hydrogen-bond acceptors (Lipinski definition) is 5. The van der Waals surface area contributed by atoms with Crippen molar-refractivity contribution in [2.45, 2.75) is 63.3 Å². The third kappa shape index (κ3) is 2.09. The highest BCUT2D eigenvalue weighted by atomic mass is 16.5. The molecule has 1 saturated heterocycles. The summed E-state index contributed by atoms with van der Waals surface area (Å²) >= 11 is 0. The molecular formula is C12H18N2O3. The van der Waals surface area contributed by atoms with Crippen LogP contribution in [0.25, 0.3) is 0 Å². The molecule has 3 unspecified atom stereocenters. The van der Waals surface area contributed by atoms with Crippen molar-refractivity contribution in [2.24, 2.45) is 0 Å². The van der Waals surface area contributed by atoms with Gasteiger partial charge in [-0.2, -0.15) is 4.98 Å². The molecule has 3 atom stereocenters. The molecule has 5 nitrogen and oxygen atoms in total. The van der Waals surface area contributed by atoms with E-state index < -0.39 is 5.60 Å². The highest BCUT2D eigenvalue weighted by molar-refractivity contribution is 5.06. The van der Waals surface area contributed by atoms with Crippen molar-refractivity contribution in [3.8, 4) is 0 Å². The van der Waals surface area contributed by atoms with Gasteiger partial charge in [-0.15, -0.1) is 0 Å². The number of hydrogen-bond donors (Lipinski definition) is 1. The second-order valence-corrected chi connectivity index (χ2v) is 5.39. The van der Waals surface area contributed by atoms with E-state index in [0.717, 1.165) is 18.7 Å². The van der Waals surface area contributed by atoms with E-state index in [2.05, 4.69) is 10.1 Å². The zero-order chi connectivity index (χ0) is 12.0. The Bertz CT molecular complexity index is 416. The van der Waals surface area contributed by atoms with Crippen molar-refractivity contribution in [3.63, 3.8) is 0 Å². The number of nitrogens with zero attached hydrogens (tertiary/aromatic N) is 2. The van der Waals surface area contributed by atoms with Crippen LogP contribution in [-0.2, 0) is 11.2 Å². The predicted molar refractivity (Wildman–Crippen MR) is 59.6 cm³/mol. The Morgan fingerprint density at radius 2 is 2.18 bits per heavy atom. The van der Waals surface area contributed by atoms with Crippen molar-refractivity contribution in [1.82, 2.24) is 10.1 Å². The minimum absolute atomic E-state index is 0.0841. The average molecular weight is 238 g/mol. The molecule has 2 aliphatic rings. The monoisotopic (exact) mass is 238 g/mol. The second kappa shape index (κ2) is 3.78.